The highest BCUT2D eigenvalue weighted by Crippen LogP contribution is 2.25. The molecule has 10 heteroatoms. The molecular weight excluding hydrogens is 394 g/mol. The van der Waals surface area contributed by atoms with Gasteiger partial charge in [0.2, 0.25) is 10.0 Å². The van der Waals surface area contributed by atoms with Crippen LogP contribution in [0.3, 0.4) is 0 Å². The maximum atomic E-state index is 13.1. The number of benzene rings is 1. The van der Waals surface area contributed by atoms with Crippen LogP contribution in [0.4, 0.5) is 5.82 Å². The van der Waals surface area contributed by atoms with E-state index in [2.05, 4.69) is 21.2 Å². The van der Waals surface area contributed by atoms with Crippen molar-refractivity contribution in [3.8, 4) is 0 Å². The minimum atomic E-state index is -3.66. The molecule has 1 fully saturated rings. The predicted octanol–water partition coefficient (Wildman–Crippen LogP) is 0.921. The molecule has 0 amide bonds. The summed E-state index contributed by atoms with van der Waals surface area (Å²) in [6.45, 7) is 1.84. The monoisotopic (exact) mass is 415 g/mol. The van der Waals surface area contributed by atoms with Crippen LogP contribution in [0.2, 0.25) is 0 Å². The van der Waals surface area contributed by atoms with E-state index in [1.54, 1.807) is 7.05 Å². The van der Waals surface area contributed by atoms with Gasteiger partial charge in [0.15, 0.2) is 11.4 Å². The van der Waals surface area contributed by atoms with Crippen LogP contribution in [0, 0.1) is 0 Å². The van der Waals surface area contributed by atoms with Crippen LogP contribution < -0.4 is 10.7 Å². The van der Waals surface area contributed by atoms with Crippen molar-refractivity contribution in [2.45, 2.75) is 24.2 Å². The van der Waals surface area contributed by atoms with Gasteiger partial charge in [0.1, 0.15) is 0 Å². The molecular formula is C19H21N5O4S. The molecule has 0 spiro atoms. The van der Waals surface area contributed by atoms with Gasteiger partial charge >= 0.3 is 5.76 Å². The summed E-state index contributed by atoms with van der Waals surface area (Å²) in [7, 11) is -2.11. The quantitative estimate of drug-likeness (QED) is 0.627. The summed E-state index contributed by atoms with van der Waals surface area (Å²) in [4.78, 5) is 13.9. The second-order valence-corrected chi connectivity index (χ2v) is 9.41. The number of fused-ring (bicyclic) bond motifs is 2. The molecule has 1 aliphatic carbocycles. The summed E-state index contributed by atoms with van der Waals surface area (Å²) < 4.78 is 34.1. The van der Waals surface area contributed by atoms with Gasteiger partial charge < -0.3 is 9.32 Å². The van der Waals surface area contributed by atoms with Crippen molar-refractivity contribution in [1.29, 1.82) is 0 Å². The van der Waals surface area contributed by atoms with Gasteiger partial charge in [-0.15, -0.1) is 5.10 Å². The molecule has 0 radical (unpaired) electrons. The molecule has 1 saturated heterocycles. The number of rotatable bonds is 3. The molecule has 0 bridgehead atoms. The molecule has 29 heavy (non-hydrogen) atoms. The zero-order valence-corrected chi connectivity index (χ0v) is 16.9. The summed E-state index contributed by atoms with van der Waals surface area (Å²) in [5, 5.41) is 8.66. The van der Waals surface area contributed by atoms with E-state index in [1.807, 2.05) is 0 Å². The SMILES string of the molecule is Cn1c(=O)oc2ccc(S(=O)(=O)N3CCN(c4cc5c(nn4)CCC5)CC3)cc21. The van der Waals surface area contributed by atoms with Crippen molar-refractivity contribution in [2.75, 3.05) is 31.1 Å². The Labute approximate surface area is 167 Å². The van der Waals surface area contributed by atoms with E-state index in [4.69, 9.17) is 4.42 Å². The lowest BCUT2D eigenvalue weighted by Gasteiger charge is -2.34. The largest absolute Gasteiger partial charge is 0.419 e. The zero-order chi connectivity index (χ0) is 20.2. The Bertz CT molecular complexity index is 1260. The number of aryl methyl sites for hydroxylation is 3. The topological polar surface area (TPSA) is 102 Å². The third kappa shape index (κ3) is 3.03. The number of piperazine rings is 1. The Morgan fingerprint density at radius 2 is 1.83 bits per heavy atom. The smallest absolute Gasteiger partial charge is 0.408 e. The third-order valence-electron chi connectivity index (χ3n) is 5.77. The lowest BCUT2D eigenvalue weighted by Crippen LogP contribution is -2.49. The highest BCUT2D eigenvalue weighted by Gasteiger charge is 2.30. The first-order valence-electron chi connectivity index (χ1n) is 9.64. The molecule has 2 aliphatic rings. The molecule has 0 atom stereocenters. The Kier molecular flexibility index (Phi) is 4.21. The number of nitrogens with zero attached hydrogens (tertiary/aromatic N) is 5. The second kappa shape index (κ2) is 6.67. The zero-order valence-electron chi connectivity index (χ0n) is 16.0. The highest BCUT2D eigenvalue weighted by atomic mass is 32.2. The van der Waals surface area contributed by atoms with Crippen molar-refractivity contribution < 1.29 is 12.8 Å². The summed E-state index contributed by atoms with van der Waals surface area (Å²) in [6.07, 6.45) is 3.14. The number of hydrogen-bond acceptors (Lipinski definition) is 7. The van der Waals surface area contributed by atoms with Crippen LogP contribution in [-0.4, -0.2) is 53.7 Å². The van der Waals surface area contributed by atoms with E-state index in [0.29, 0.717) is 37.3 Å². The maximum absolute atomic E-state index is 13.1. The molecule has 5 rings (SSSR count). The molecule has 3 heterocycles. The van der Waals surface area contributed by atoms with E-state index in [-0.39, 0.29) is 4.90 Å². The lowest BCUT2D eigenvalue weighted by atomic mass is 10.2. The summed E-state index contributed by atoms with van der Waals surface area (Å²) in [5.74, 6) is 0.302. The van der Waals surface area contributed by atoms with Crippen LogP contribution in [0.25, 0.3) is 11.1 Å². The highest BCUT2D eigenvalue weighted by molar-refractivity contribution is 7.89. The Balaban J connectivity index is 1.36. The summed E-state index contributed by atoms with van der Waals surface area (Å²) in [6, 6.07) is 6.60. The van der Waals surface area contributed by atoms with Crippen molar-refractivity contribution in [2.24, 2.45) is 7.05 Å². The molecule has 152 valence electrons. The number of sulfonamides is 1. The number of aromatic nitrogens is 3. The van der Waals surface area contributed by atoms with Gasteiger partial charge in [-0.3, -0.25) is 4.57 Å². The first kappa shape index (κ1) is 18.3. The van der Waals surface area contributed by atoms with Gasteiger partial charge in [0.05, 0.1) is 16.1 Å². The number of oxazole rings is 1. The van der Waals surface area contributed by atoms with Gasteiger partial charge in [0.25, 0.3) is 0 Å². The molecule has 1 aromatic carbocycles. The fraction of sp³-hybridized carbons (Fsp3) is 0.421. The van der Waals surface area contributed by atoms with Crippen LogP contribution in [0.5, 0.6) is 0 Å². The number of anilines is 1. The lowest BCUT2D eigenvalue weighted by molar-refractivity contribution is 0.383. The average Bonchev–Trinajstić information content (AvgIpc) is 3.31. The van der Waals surface area contributed by atoms with Crippen LogP contribution in [-0.2, 0) is 29.9 Å². The normalized spacial score (nSPS) is 17.8. The van der Waals surface area contributed by atoms with Gasteiger partial charge in [-0.2, -0.15) is 9.40 Å². The van der Waals surface area contributed by atoms with E-state index in [0.717, 1.165) is 30.8 Å². The van der Waals surface area contributed by atoms with Crippen molar-refractivity contribution in [3.63, 3.8) is 0 Å². The predicted molar refractivity (Wildman–Crippen MR) is 106 cm³/mol. The molecule has 0 unspecified atom stereocenters. The molecule has 9 nitrogen and oxygen atoms in total. The van der Waals surface area contributed by atoms with Gasteiger partial charge in [-0.05, 0) is 49.1 Å². The Morgan fingerprint density at radius 1 is 1.03 bits per heavy atom. The van der Waals surface area contributed by atoms with Gasteiger partial charge in [-0.25, -0.2) is 13.2 Å². The molecule has 2 aromatic heterocycles. The fourth-order valence-corrected chi connectivity index (χ4v) is 5.49. The van der Waals surface area contributed by atoms with E-state index >= 15 is 0 Å². The van der Waals surface area contributed by atoms with Gasteiger partial charge in [0, 0.05) is 33.2 Å². The molecule has 0 N–H and O–H groups in total. The van der Waals surface area contributed by atoms with Crippen molar-refractivity contribution in [1.82, 2.24) is 19.1 Å². The van der Waals surface area contributed by atoms with E-state index in [1.165, 1.54) is 32.6 Å². The van der Waals surface area contributed by atoms with Crippen LogP contribution in [0.15, 0.2) is 38.4 Å². The minimum Gasteiger partial charge on any atom is -0.408 e. The summed E-state index contributed by atoms with van der Waals surface area (Å²) in [5.41, 5.74) is 3.17. The standard InChI is InChI=1S/C19H21N5O4S/c1-22-16-12-14(5-6-17(16)28-19(22)25)29(26,27)24-9-7-23(8-10-24)18-11-13-3-2-4-15(13)20-21-18/h5-6,11-12H,2-4,7-10H2,1H3. The molecule has 1 aliphatic heterocycles. The Morgan fingerprint density at radius 3 is 2.62 bits per heavy atom. The summed E-state index contributed by atoms with van der Waals surface area (Å²) >= 11 is 0. The molecule has 3 aromatic rings. The maximum Gasteiger partial charge on any atom is 0.419 e. The van der Waals surface area contributed by atoms with Crippen LogP contribution in [0.1, 0.15) is 17.7 Å². The minimum absolute atomic E-state index is 0.159. The third-order valence-corrected chi connectivity index (χ3v) is 7.66. The van der Waals surface area contributed by atoms with Crippen molar-refractivity contribution >= 4 is 26.9 Å². The fourth-order valence-electron chi connectivity index (χ4n) is 4.05. The van der Waals surface area contributed by atoms with E-state index < -0.39 is 15.8 Å². The van der Waals surface area contributed by atoms with Crippen LogP contribution >= 0.6 is 0 Å². The average molecular weight is 415 g/mol. The van der Waals surface area contributed by atoms with E-state index in [9.17, 15) is 13.2 Å². The first-order valence-corrected chi connectivity index (χ1v) is 11.1. The second-order valence-electron chi connectivity index (χ2n) is 7.48. The number of hydrogen-bond donors (Lipinski definition) is 0. The van der Waals surface area contributed by atoms with Crippen molar-refractivity contribution in [3.05, 3.63) is 46.1 Å². The Hall–Kier alpha value is -2.72. The first-order chi connectivity index (χ1) is 13.9. The molecule has 0 saturated carbocycles. The van der Waals surface area contributed by atoms with Gasteiger partial charge in [-0.1, -0.05) is 0 Å².